The zero-order chi connectivity index (χ0) is 21.7. The van der Waals surface area contributed by atoms with Crippen LogP contribution in [-0.2, 0) is 9.84 Å². The molecule has 1 atom stereocenters. The molecule has 7 nitrogen and oxygen atoms in total. The van der Waals surface area contributed by atoms with E-state index in [-0.39, 0.29) is 16.3 Å². The largest absolute Gasteiger partial charge is 0.493 e. The lowest BCUT2D eigenvalue weighted by atomic mass is 10.1. The van der Waals surface area contributed by atoms with E-state index in [2.05, 4.69) is 5.32 Å². The SMILES string of the molecule is COc1cc(C(=O)NC[C@H](c2cccs2)S(=O)(=O)c2cccs2)cc(OC)c1OC. The molecule has 0 aliphatic heterocycles. The van der Waals surface area contributed by atoms with Crippen LogP contribution in [0.4, 0.5) is 0 Å². The summed E-state index contributed by atoms with van der Waals surface area (Å²) in [5.41, 5.74) is 0.267. The van der Waals surface area contributed by atoms with Gasteiger partial charge in [-0.3, -0.25) is 4.79 Å². The molecule has 0 radical (unpaired) electrons. The van der Waals surface area contributed by atoms with Gasteiger partial charge in [-0.2, -0.15) is 0 Å². The summed E-state index contributed by atoms with van der Waals surface area (Å²) in [5.74, 6) is 0.594. The number of thiophene rings is 2. The summed E-state index contributed by atoms with van der Waals surface area (Å²) in [6.45, 7) is -0.0732. The maximum absolute atomic E-state index is 13.1. The zero-order valence-corrected chi connectivity index (χ0v) is 19.0. The van der Waals surface area contributed by atoms with Gasteiger partial charge in [0.05, 0.1) is 21.3 Å². The third-order valence-corrected chi connectivity index (χ3v) is 9.03. The Morgan fingerprint density at radius 2 is 1.63 bits per heavy atom. The van der Waals surface area contributed by atoms with Crippen molar-refractivity contribution in [2.75, 3.05) is 27.9 Å². The molecule has 0 spiro atoms. The van der Waals surface area contributed by atoms with Gasteiger partial charge in [0.15, 0.2) is 21.3 Å². The van der Waals surface area contributed by atoms with Gasteiger partial charge in [0.1, 0.15) is 9.46 Å². The van der Waals surface area contributed by atoms with Crippen molar-refractivity contribution < 1.29 is 27.4 Å². The van der Waals surface area contributed by atoms with E-state index >= 15 is 0 Å². The van der Waals surface area contributed by atoms with Gasteiger partial charge in [0, 0.05) is 17.0 Å². The third kappa shape index (κ3) is 4.45. The van der Waals surface area contributed by atoms with Crippen molar-refractivity contribution in [2.45, 2.75) is 9.46 Å². The van der Waals surface area contributed by atoms with Crippen LogP contribution < -0.4 is 19.5 Å². The average molecular weight is 468 g/mol. The monoisotopic (exact) mass is 467 g/mol. The molecule has 2 heterocycles. The molecule has 0 aliphatic rings. The molecule has 3 rings (SSSR count). The lowest BCUT2D eigenvalue weighted by Gasteiger charge is -2.17. The van der Waals surface area contributed by atoms with Crippen molar-refractivity contribution >= 4 is 38.4 Å². The van der Waals surface area contributed by atoms with Gasteiger partial charge >= 0.3 is 0 Å². The summed E-state index contributed by atoms with van der Waals surface area (Å²) in [6, 6.07) is 9.85. The molecule has 1 N–H and O–H groups in total. The van der Waals surface area contributed by atoms with E-state index in [1.54, 1.807) is 29.6 Å². The van der Waals surface area contributed by atoms with Gasteiger partial charge in [0.2, 0.25) is 5.75 Å². The molecule has 2 aromatic heterocycles. The van der Waals surface area contributed by atoms with E-state index in [4.69, 9.17) is 14.2 Å². The second-order valence-corrected chi connectivity index (χ2v) is 10.4. The molecule has 3 aromatic rings. The van der Waals surface area contributed by atoms with Crippen molar-refractivity contribution in [3.63, 3.8) is 0 Å². The minimum atomic E-state index is -3.65. The van der Waals surface area contributed by atoms with Crippen molar-refractivity contribution in [3.8, 4) is 17.2 Å². The van der Waals surface area contributed by atoms with E-state index in [9.17, 15) is 13.2 Å². The quantitative estimate of drug-likeness (QED) is 0.515. The zero-order valence-electron chi connectivity index (χ0n) is 16.6. The highest BCUT2D eigenvalue weighted by Gasteiger charge is 2.31. The van der Waals surface area contributed by atoms with E-state index in [0.717, 1.165) is 11.3 Å². The number of rotatable bonds is 9. The highest BCUT2D eigenvalue weighted by Crippen LogP contribution is 2.38. The summed E-state index contributed by atoms with van der Waals surface area (Å²) in [7, 11) is 0.739. The van der Waals surface area contributed by atoms with Crippen LogP contribution >= 0.6 is 22.7 Å². The van der Waals surface area contributed by atoms with Gasteiger partial charge in [-0.25, -0.2) is 8.42 Å². The molecule has 0 fully saturated rings. The lowest BCUT2D eigenvalue weighted by molar-refractivity contribution is 0.0953. The Morgan fingerprint density at radius 3 is 2.13 bits per heavy atom. The topological polar surface area (TPSA) is 90.9 Å². The number of benzene rings is 1. The summed E-state index contributed by atoms with van der Waals surface area (Å²) < 4.78 is 42.4. The molecular formula is C20H21NO6S3. The first kappa shape index (κ1) is 22.1. The number of amides is 1. The molecule has 0 aliphatic carbocycles. The summed E-state index contributed by atoms with van der Waals surface area (Å²) >= 11 is 2.49. The first-order chi connectivity index (χ1) is 14.4. The maximum Gasteiger partial charge on any atom is 0.251 e. The van der Waals surface area contributed by atoms with Crippen LogP contribution in [0.2, 0.25) is 0 Å². The Kier molecular flexibility index (Phi) is 7.01. The predicted octanol–water partition coefficient (Wildman–Crippen LogP) is 3.78. The predicted molar refractivity (Wildman–Crippen MR) is 117 cm³/mol. The normalized spacial score (nSPS) is 12.2. The Labute approximate surface area is 183 Å². The first-order valence-corrected chi connectivity index (χ1v) is 12.1. The Balaban J connectivity index is 1.87. The lowest BCUT2D eigenvalue weighted by Crippen LogP contribution is -2.31. The van der Waals surface area contributed by atoms with Crippen molar-refractivity contribution in [3.05, 3.63) is 57.6 Å². The number of hydrogen-bond acceptors (Lipinski definition) is 8. The van der Waals surface area contributed by atoms with Crippen molar-refractivity contribution in [2.24, 2.45) is 0 Å². The third-order valence-electron chi connectivity index (χ3n) is 4.39. The fraction of sp³-hybridized carbons (Fsp3) is 0.250. The number of hydrogen-bond donors (Lipinski definition) is 1. The molecule has 1 amide bonds. The minimum Gasteiger partial charge on any atom is -0.493 e. The molecular weight excluding hydrogens is 446 g/mol. The van der Waals surface area contributed by atoms with Crippen LogP contribution in [0.1, 0.15) is 20.5 Å². The molecule has 0 saturated heterocycles. The van der Waals surface area contributed by atoms with Gasteiger partial charge < -0.3 is 19.5 Å². The van der Waals surface area contributed by atoms with Crippen LogP contribution in [-0.4, -0.2) is 42.2 Å². The Morgan fingerprint density at radius 1 is 1.00 bits per heavy atom. The molecule has 1 aromatic carbocycles. The number of carbonyl (C=O) groups is 1. The first-order valence-electron chi connectivity index (χ1n) is 8.81. The standard InChI is InChI=1S/C20H21NO6S3/c1-25-14-10-13(11-15(26-2)19(14)27-3)20(22)21-12-17(16-6-4-8-28-16)30(23,24)18-7-5-9-29-18/h4-11,17H,12H2,1-3H3,(H,21,22)/t17-/m1/s1. The number of carbonyl (C=O) groups excluding carboxylic acids is 1. The number of sulfone groups is 1. The molecule has 160 valence electrons. The van der Waals surface area contributed by atoms with Crippen molar-refractivity contribution in [1.29, 1.82) is 0 Å². The fourth-order valence-corrected chi connectivity index (χ4v) is 6.89. The van der Waals surface area contributed by atoms with Crippen LogP contribution in [0, 0.1) is 0 Å². The number of methoxy groups -OCH3 is 3. The van der Waals surface area contributed by atoms with Gasteiger partial charge in [-0.05, 0) is 35.0 Å². The van der Waals surface area contributed by atoms with Crippen LogP contribution in [0.3, 0.4) is 0 Å². The van der Waals surface area contributed by atoms with Crippen molar-refractivity contribution in [1.82, 2.24) is 5.32 Å². The van der Waals surface area contributed by atoms with E-state index in [1.807, 2.05) is 5.38 Å². The Bertz CT molecular complexity index is 1070. The number of nitrogens with one attached hydrogen (secondary N) is 1. The second kappa shape index (κ2) is 9.50. The summed E-state index contributed by atoms with van der Waals surface area (Å²) in [6.07, 6.45) is 0. The summed E-state index contributed by atoms with van der Waals surface area (Å²) in [4.78, 5) is 13.5. The van der Waals surface area contributed by atoms with Crippen LogP contribution in [0.15, 0.2) is 51.4 Å². The summed E-state index contributed by atoms with van der Waals surface area (Å²) in [5, 5.41) is 5.38. The van der Waals surface area contributed by atoms with E-state index in [1.165, 1.54) is 44.8 Å². The van der Waals surface area contributed by atoms with Gasteiger partial charge in [-0.15, -0.1) is 22.7 Å². The highest BCUT2D eigenvalue weighted by molar-refractivity contribution is 7.93. The van der Waals surface area contributed by atoms with Crippen LogP contribution in [0.25, 0.3) is 0 Å². The maximum atomic E-state index is 13.1. The van der Waals surface area contributed by atoms with E-state index in [0.29, 0.717) is 22.1 Å². The molecule has 0 unspecified atom stereocenters. The second-order valence-electron chi connectivity index (χ2n) is 6.11. The molecule has 10 heteroatoms. The minimum absolute atomic E-state index is 0.0732. The average Bonchev–Trinajstić information content (AvgIpc) is 3.47. The highest BCUT2D eigenvalue weighted by atomic mass is 32.2. The fourth-order valence-electron chi connectivity index (χ4n) is 2.90. The van der Waals surface area contributed by atoms with Gasteiger partial charge in [-0.1, -0.05) is 12.1 Å². The number of ether oxygens (including phenoxy) is 3. The Hall–Kier alpha value is -2.56. The van der Waals surface area contributed by atoms with E-state index < -0.39 is 21.0 Å². The smallest absolute Gasteiger partial charge is 0.251 e. The van der Waals surface area contributed by atoms with Gasteiger partial charge in [0.25, 0.3) is 5.91 Å². The molecule has 30 heavy (non-hydrogen) atoms. The van der Waals surface area contributed by atoms with Crippen LogP contribution in [0.5, 0.6) is 17.2 Å². The molecule has 0 bridgehead atoms. The molecule has 0 saturated carbocycles.